The Morgan fingerprint density at radius 3 is 2.47 bits per heavy atom. The number of aliphatic hydroxyl groups excluding tert-OH is 2. The Bertz CT molecular complexity index is 314. The summed E-state index contributed by atoms with van der Waals surface area (Å²) in [6.45, 7) is 5.74. The fraction of sp³-hybridized carbons (Fsp3) is 0.615. The van der Waals surface area contributed by atoms with Crippen molar-refractivity contribution in [2.75, 3.05) is 24.6 Å². The van der Waals surface area contributed by atoms with Crippen molar-refractivity contribution in [3.05, 3.63) is 23.4 Å². The number of anilines is 1. The average Bonchev–Trinajstić information content (AvgIpc) is 2.37. The molecule has 0 saturated carbocycles. The summed E-state index contributed by atoms with van der Waals surface area (Å²) in [5.74, 6) is 0.851. The number of nitrogens with zero attached hydrogens (tertiary/aromatic N) is 2. The number of pyridine rings is 1. The minimum Gasteiger partial charge on any atom is -0.395 e. The van der Waals surface area contributed by atoms with Crippen LogP contribution in [0.15, 0.2) is 12.1 Å². The summed E-state index contributed by atoms with van der Waals surface area (Å²) in [5.41, 5.74) is 1.86. The molecule has 1 heterocycles. The first-order valence-electron chi connectivity index (χ1n) is 6.21. The lowest BCUT2D eigenvalue weighted by Crippen LogP contribution is -2.28. The lowest BCUT2D eigenvalue weighted by molar-refractivity contribution is 0.281. The Morgan fingerprint density at radius 1 is 1.18 bits per heavy atom. The number of aromatic nitrogens is 1. The van der Waals surface area contributed by atoms with Gasteiger partial charge in [0.1, 0.15) is 5.82 Å². The van der Waals surface area contributed by atoms with E-state index in [1.807, 2.05) is 19.1 Å². The highest BCUT2D eigenvalue weighted by atomic mass is 16.3. The molecule has 0 atom stereocenters. The molecule has 1 rings (SSSR count). The van der Waals surface area contributed by atoms with E-state index in [-0.39, 0.29) is 13.2 Å². The molecule has 0 unspecified atom stereocenters. The summed E-state index contributed by atoms with van der Waals surface area (Å²) < 4.78 is 0. The van der Waals surface area contributed by atoms with Gasteiger partial charge in [0.15, 0.2) is 0 Å². The number of aryl methyl sites for hydroxylation is 1. The fourth-order valence-electron chi connectivity index (χ4n) is 1.80. The van der Waals surface area contributed by atoms with E-state index >= 15 is 0 Å². The van der Waals surface area contributed by atoms with Gasteiger partial charge in [-0.1, -0.05) is 13.8 Å². The second-order valence-corrected chi connectivity index (χ2v) is 4.05. The van der Waals surface area contributed by atoms with Crippen LogP contribution in [0.3, 0.4) is 0 Å². The summed E-state index contributed by atoms with van der Waals surface area (Å²) in [6.07, 6.45) is 1.85. The van der Waals surface area contributed by atoms with E-state index in [2.05, 4.69) is 16.8 Å². The van der Waals surface area contributed by atoms with E-state index in [0.29, 0.717) is 6.54 Å². The van der Waals surface area contributed by atoms with Gasteiger partial charge in [-0.2, -0.15) is 0 Å². The maximum atomic E-state index is 9.23. The molecule has 96 valence electrons. The number of aliphatic hydroxyl groups is 2. The van der Waals surface area contributed by atoms with Crippen LogP contribution in [0.25, 0.3) is 0 Å². The minimum absolute atomic E-state index is 0.0294. The Balaban J connectivity index is 2.99. The third-order valence-corrected chi connectivity index (χ3v) is 2.66. The van der Waals surface area contributed by atoms with Crippen LogP contribution in [-0.2, 0) is 13.0 Å². The van der Waals surface area contributed by atoms with E-state index in [9.17, 15) is 5.11 Å². The molecular formula is C13H22N2O2. The second-order valence-electron chi connectivity index (χ2n) is 4.05. The van der Waals surface area contributed by atoms with Gasteiger partial charge in [0.2, 0.25) is 0 Å². The number of rotatable bonds is 7. The molecule has 0 saturated heterocycles. The summed E-state index contributed by atoms with van der Waals surface area (Å²) in [5, 5.41) is 18.3. The van der Waals surface area contributed by atoms with E-state index in [4.69, 9.17) is 5.11 Å². The SMILES string of the molecule is CCCN(CCO)c1cc(CO)cc(CC)n1. The normalized spacial score (nSPS) is 10.6. The van der Waals surface area contributed by atoms with E-state index in [1.54, 1.807) is 0 Å². The standard InChI is InChI=1S/C13H22N2O2/c1-3-5-15(6-7-16)13-9-11(10-17)8-12(4-2)14-13/h8-9,16-17H,3-7,10H2,1-2H3. The molecule has 0 aliphatic heterocycles. The second kappa shape index (κ2) is 7.25. The van der Waals surface area contributed by atoms with Gasteiger partial charge >= 0.3 is 0 Å². The van der Waals surface area contributed by atoms with Crippen LogP contribution >= 0.6 is 0 Å². The topological polar surface area (TPSA) is 56.6 Å². The zero-order chi connectivity index (χ0) is 12.7. The molecule has 4 nitrogen and oxygen atoms in total. The van der Waals surface area contributed by atoms with Crippen molar-refractivity contribution < 1.29 is 10.2 Å². The highest BCUT2D eigenvalue weighted by molar-refractivity contribution is 5.42. The Morgan fingerprint density at radius 2 is 1.94 bits per heavy atom. The average molecular weight is 238 g/mol. The fourth-order valence-corrected chi connectivity index (χ4v) is 1.80. The van der Waals surface area contributed by atoms with Crippen molar-refractivity contribution in [3.63, 3.8) is 0 Å². The Kier molecular flexibility index (Phi) is 5.94. The molecule has 0 aliphatic carbocycles. The molecule has 1 aromatic rings. The molecule has 0 bridgehead atoms. The van der Waals surface area contributed by atoms with Gasteiger partial charge in [0, 0.05) is 18.8 Å². The lowest BCUT2D eigenvalue weighted by atomic mass is 10.2. The molecule has 0 fully saturated rings. The molecule has 1 aromatic heterocycles. The Labute approximate surface area is 103 Å². The third kappa shape index (κ3) is 3.98. The largest absolute Gasteiger partial charge is 0.395 e. The first kappa shape index (κ1) is 13.9. The minimum atomic E-state index is 0.0294. The quantitative estimate of drug-likeness (QED) is 0.753. The van der Waals surface area contributed by atoms with Crippen molar-refractivity contribution in [3.8, 4) is 0 Å². The Hall–Kier alpha value is -1.13. The van der Waals surface area contributed by atoms with Crippen molar-refractivity contribution in [2.45, 2.75) is 33.3 Å². The van der Waals surface area contributed by atoms with Gasteiger partial charge in [-0.05, 0) is 30.5 Å². The zero-order valence-corrected chi connectivity index (χ0v) is 10.7. The predicted molar refractivity (Wildman–Crippen MR) is 69.1 cm³/mol. The van der Waals surface area contributed by atoms with Crippen LogP contribution in [0.2, 0.25) is 0 Å². The van der Waals surface area contributed by atoms with Gasteiger partial charge in [0.25, 0.3) is 0 Å². The first-order valence-corrected chi connectivity index (χ1v) is 6.21. The molecule has 0 aromatic carbocycles. The van der Waals surface area contributed by atoms with Gasteiger partial charge in [-0.15, -0.1) is 0 Å². The zero-order valence-electron chi connectivity index (χ0n) is 10.7. The molecule has 2 N–H and O–H groups in total. The number of hydrogen-bond acceptors (Lipinski definition) is 4. The molecular weight excluding hydrogens is 216 g/mol. The summed E-state index contributed by atoms with van der Waals surface area (Å²) in [4.78, 5) is 6.60. The van der Waals surface area contributed by atoms with Gasteiger partial charge in [-0.3, -0.25) is 0 Å². The maximum Gasteiger partial charge on any atom is 0.129 e. The van der Waals surface area contributed by atoms with E-state index in [0.717, 1.165) is 36.5 Å². The maximum absolute atomic E-state index is 9.23. The first-order chi connectivity index (χ1) is 8.24. The molecule has 17 heavy (non-hydrogen) atoms. The van der Waals surface area contributed by atoms with E-state index in [1.165, 1.54) is 0 Å². The highest BCUT2D eigenvalue weighted by Gasteiger charge is 2.08. The lowest BCUT2D eigenvalue weighted by Gasteiger charge is -2.23. The van der Waals surface area contributed by atoms with Gasteiger partial charge in [-0.25, -0.2) is 4.98 Å². The summed E-state index contributed by atoms with van der Waals surface area (Å²) in [7, 11) is 0. The van der Waals surface area contributed by atoms with Crippen LogP contribution in [0.5, 0.6) is 0 Å². The van der Waals surface area contributed by atoms with Gasteiger partial charge < -0.3 is 15.1 Å². The monoisotopic (exact) mass is 238 g/mol. The smallest absolute Gasteiger partial charge is 0.129 e. The molecule has 0 amide bonds. The summed E-state index contributed by atoms with van der Waals surface area (Å²) >= 11 is 0. The van der Waals surface area contributed by atoms with Crippen LogP contribution in [0.4, 0.5) is 5.82 Å². The van der Waals surface area contributed by atoms with Crippen LogP contribution in [0, 0.1) is 0 Å². The van der Waals surface area contributed by atoms with Gasteiger partial charge in [0.05, 0.1) is 13.2 Å². The van der Waals surface area contributed by atoms with Crippen molar-refractivity contribution in [1.29, 1.82) is 0 Å². The molecule has 4 heteroatoms. The summed E-state index contributed by atoms with van der Waals surface area (Å²) in [6, 6.07) is 3.82. The van der Waals surface area contributed by atoms with Crippen LogP contribution in [0.1, 0.15) is 31.5 Å². The van der Waals surface area contributed by atoms with Crippen LogP contribution < -0.4 is 4.90 Å². The highest BCUT2D eigenvalue weighted by Crippen LogP contribution is 2.16. The van der Waals surface area contributed by atoms with E-state index < -0.39 is 0 Å². The van der Waals surface area contributed by atoms with Crippen molar-refractivity contribution in [2.24, 2.45) is 0 Å². The van der Waals surface area contributed by atoms with Crippen molar-refractivity contribution >= 4 is 5.82 Å². The van der Waals surface area contributed by atoms with Crippen molar-refractivity contribution in [1.82, 2.24) is 4.98 Å². The number of hydrogen-bond donors (Lipinski definition) is 2. The third-order valence-electron chi connectivity index (χ3n) is 2.66. The molecule has 0 radical (unpaired) electrons. The molecule has 0 aliphatic rings. The van der Waals surface area contributed by atoms with Crippen LogP contribution in [-0.4, -0.2) is 34.9 Å². The molecule has 0 spiro atoms. The predicted octanol–water partition coefficient (Wildman–Crippen LogP) is 1.34.